The number of primary amides is 1. The average Bonchev–Trinajstić information content (AvgIpc) is 2.82. The number of hydrogen-bond donors (Lipinski definition) is 3. The van der Waals surface area contributed by atoms with E-state index >= 15 is 0 Å². The van der Waals surface area contributed by atoms with Crippen molar-refractivity contribution < 1.29 is 38.6 Å². The molecule has 3 aliphatic rings. The Hall–Kier alpha value is -3.76. The minimum Gasteiger partial charge on any atom is -0.507 e. The summed E-state index contributed by atoms with van der Waals surface area (Å²) in [5.74, 6) is -11.4. The van der Waals surface area contributed by atoms with E-state index in [9.17, 15) is 38.6 Å². The van der Waals surface area contributed by atoms with Crippen LogP contribution >= 0.6 is 0 Å². The van der Waals surface area contributed by atoms with Gasteiger partial charge in [0.25, 0.3) is 0 Å². The number of ketones is 4. The number of carbonyl (C=O) groups is 5. The number of amides is 1. The SMILES string of the molecule is CN(C)C1C(=O)C(C(N)=O)C(=O)C2(O)C(=O)C3C(=O)c4c(O)ccc(-c5ccc(F)cc5)c4CC3CC12. The van der Waals surface area contributed by atoms with E-state index in [2.05, 4.69) is 0 Å². The monoisotopic (exact) mass is 508 g/mol. The van der Waals surface area contributed by atoms with E-state index in [-0.39, 0.29) is 24.2 Å². The fourth-order valence-corrected chi connectivity index (χ4v) is 6.50. The van der Waals surface area contributed by atoms with Crippen LogP contribution in [0.2, 0.25) is 0 Å². The molecule has 0 bridgehead atoms. The maximum Gasteiger partial charge on any atom is 0.235 e. The van der Waals surface area contributed by atoms with Gasteiger partial charge in [0.15, 0.2) is 34.7 Å². The van der Waals surface area contributed by atoms with E-state index in [0.29, 0.717) is 16.7 Å². The Bertz CT molecular complexity index is 1390. The molecule has 4 N–H and O–H groups in total. The molecule has 2 aromatic carbocycles. The summed E-state index contributed by atoms with van der Waals surface area (Å²) < 4.78 is 13.5. The van der Waals surface area contributed by atoms with Crippen molar-refractivity contribution in [1.29, 1.82) is 0 Å². The average molecular weight is 509 g/mol. The number of Topliss-reactive ketones (excluding diaryl/α,β-unsaturated/α-hetero) is 4. The molecule has 0 aromatic heterocycles. The molecule has 6 unspecified atom stereocenters. The maximum atomic E-state index is 13.8. The number of likely N-dealkylation sites (N-methyl/N-ethyl adjacent to an activating group) is 1. The molecule has 2 aromatic rings. The molecule has 6 atom stereocenters. The summed E-state index contributed by atoms with van der Waals surface area (Å²) in [6.07, 6.45) is 0.0926. The molecular formula is C27H25FN2O7. The van der Waals surface area contributed by atoms with Gasteiger partial charge in [0.2, 0.25) is 5.91 Å². The number of phenols is 1. The molecule has 2 saturated carbocycles. The van der Waals surface area contributed by atoms with Crippen molar-refractivity contribution >= 4 is 29.0 Å². The first-order chi connectivity index (χ1) is 17.4. The van der Waals surface area contributed by atoms with Crippen molar-refractivity contribution in [1.82, 2.24) is 4.90 Å². The Morgan fingerprint density at radius 2 is 1.70 bits per heavy atom. The molecule has 5 rings (SSSR count). The number of carbonyl (C=O) groups excluding carboxylic acids is 5. The number of phenolic OH excluding ortho intramolecular Hbond substituents is 1. The first-order valence-electron chi connectivity index (χ1n) is 11.8. The number of fused-ring (bicyclic) bond motifs is 3. The molecule has 2 fully saturated rings. The molecule has 1 amide bonds. The van der Waals surface area contributed by atoms with Gasteiger partial charge >= 0.3 is 0 Å². The van der Waals surface area contributed by atoms with Crippen LogP contribution in [-0.4, -0.2) is 69.9 Å². The number of aliphatic hydroxyl groups is 1. The zero-order chi connectivity index (χ0) is 27.0. The normalized spacial score (nSPS) is 31.1. The van der Waals surface area contributed by atoms with Crippen LogP contribution in [0.5, 0.6) is 5.75 Å². The number of nitrogens with two attached hydrogens (primary N) is 1. The topological polar surface area (TPSA) is 155 Å². The third kappa shape index (κ3) is 3.39. The first kappa shape index (κ1) is 24.9. The Morgan fingerprint density at radius 1 is 1.05 bits per heavy atom. The minimum atomic E-state index is -2.76. The Kier molecular flexibility index (Phi) is 5.65. The van der Waals surface area contributed by atoms with Crippen LogP contribution < -0.4 is 5.73 Å². The standard InChI is InChI=1S/C27H25FN2O7/c1-30(2)21-16-10-12-9-15-14(11-3-5-13(28)6-4-11)7-8-17(31)19(15)22(32)18(12)24(34)27(16,37)25(35)20(23(21)33)26(29)36/h3-8,12,16,18,20-21,31,37H,9-10H2,1-2H3,(H2,29,36). The highest BCUT2D eigenvalue weighted by Gasteiger charge is 2.69. The number of nitrogens with zero attached hydrogens (tertiary/aromatic N) is 1. The van der Waals surface area contributed by atoms with Gasteiger partial charge in [-0.05, 0) is 67.7 Å². The molecule has 0 saturated heterocycles. The van der Waals surface area contributed by atoms with Crippen molar-refractivity contribution in [3.8, 4) is 16.9 Å². The predicted octanol–water partition coefficient (Wildman–Crippen LogP) is 0.673. The fraction of sp³-hybridized carbons (Fsp3) is 0.370. The molecule has 0 spiro atoms. The van der Waals surface area contributed by atoms with Gasteiger partial charge in [0, 0.05) is 5.92 Å². The summed E-state index contributed by atoms with van der Waals surface area (Å²) in [6, 6.07) is 7.34. The number of halogens is 1. The zero-order valence-electron chi connectivity index (χ0n) is 20.1. The van der Waals surface area contributed by atoms with Crippen molar-refractivity contribution in [2.24, 2.45) is 29.4 Å². The molecule has 192 valence electrons. The van der Waals surface area contributed by atoms with Gasteiger partial charge in [0.05, 0.1) is 17.5 Å². The van der Waals surface area contributed by atoms with E-state index in [1.807, 2.05) is 0 Å². The van der Waals surface area contributed by atoms with Crippen molar-refractivity contribution in [2.45, 2.75) is 24.5 Å². The van der Waals surface area contributed by atoms with E-state index in [1.165, 1.54) is 49.3 Å². The molecular weight excluding hydrogens is 483 g/mol. The van der Waals surface area contributed by atoms with Crippen LogP contribution in [0.25, 0.3) is 11.1 Å². The second-order valence-electron chi connectivity index (χ2n) is 10.3. The van der Waals surface area contributed by atoms with Gasteiger partial charge in [-0.1, -0.05) is 18.2 Å². The second-order valence-corrected chi connectivity index (χ2v) is 10.3. The van der Waals surface area contributed by atoms with E-state index < -0.39 is 70.2 Å². The van der Waals surface area contributed by atoms with Crippen LogP contribution in [0.3, 0.4) is 0 Å². The number of rotatable bonds is 3. The summed E-state index contributed by atoms with van der Waals surface area (Å²) in [4.78, 5) is 67.4. The fourth-order valence-electron chi connectivity index (χ4n) is 6.50. The van der Waals surface area contributed by atoms with Crippen molar-refractivity contribution in [2.75, 3.05) is 14.1 Å². The summed E-state index contributed by atoms with van der Waals surface area (Å²) in [5, 5.41) is 22.2. The molecule has 3 aliphatic carbocycles. The number of aromatic hydroxyl groups is 1. The van der Waals surface area contributed by atoms with Gasteiger partial charge in [0.1, 0.15) is 11.6 Å². The number of hydrogen-bond acceptors (Lipinski definition) is 8. The lowest BCUT2D eigenvalue weighted by Gasteiger charge is -2.52. The summed E-state index contributed by atoms with van der Waals surface area (Å²) in [7, 11) is 3.05. The summed E-state index contributed by atoms with van der Waals surface area (Å²) >= 11 is 0. The Balaban J connectivity index is 1.66. The quantitative estimate of drug-likeness (QED) is 0.511. The highest BCUT2D eigenvalue weighted by molar-refractivity contribution is 6.32. The lowest BCUT2D eigenvalue weighted by atomic mass is 9.52. The minimum absolute atomic E-state index is 0.0393. The van der Waals surface area contributed by atoms with Crippen molar-refractivity contribution in [3.63, 3.8) is 0 Å². The molecule has 9 nitrogen and oxygen atoms in total. The van der Waals surface area contributed by atoms with Crippen LogP contribution in [0.15, 0.2) is 36.4 Å². The lowest BCUT2D eigenvalue weighted by Crippen LogP contribution is -2.74. The molecule has 0 radical (unpaired) electrons. The Morgan fingerprint density at radius 3 is 2.30 bits per heavy atom. The van der Waals surface area contributed by atoms with Crippen LogP contribution in [0.1, 0.15) is 22.3 Å². The largest absolute Gasteiger partial charge is 0.507 e. The summed E-state index contributed by atoms with van der Waals surface area (Å²) in [6.45, 7) is 0. The predicted molar refractivity (Wildman–Crippen MR) is 127 cm³/mol. The maximum absolute atomic E-state index is 13.8. The van der Waals surface area contributed by atoms with Gasteiger partial charge in [-0.2, -0.15) is 0 Å². The van der Waals surface area contributed by atoms with Gasteiger partial charge in [-0.3, -0.25) is 28.9 Å². The third-order valence-electron chi connectivity index (χ3n) is 8.10. The highest BCUT2D eigenvalue weighted by Crippen LogP contribution is 2.51. The number of benzene rings is 2. The van der Waals surface area contributed by atoms with Gasteiger partial charge in [-0.25, -0.2) is 4.39 Å². The van der Waals surface area contributed by atoms with Crippen LogP contribution in [-0.2, 0) is 25.6 Å². The van der Waals surface area contributed by atoms with E-state index in [4.69, 9.17) is 5.73 Å². The lowest BCUT2D eigenvalue weighted by molar-refractivity contribution is -0.181. The van der Waals surface area contributed by atoms with Crippen LogP contribution in [0, 0.1) is 29.5 Å². The smallest absolute Gasteiger partial charge is 0.235 e. The first-order valence-corrected chi connectivity index (χ1v) is 11.8. The molecule has 10 heteroatoms. The third-order valence-corrected chi connectivity index (χ3v) is 8.10. The summed E-state index contributed by atoms with van der Waals surface area (Å²) in [5.41, 5.74) is 4.08. The van der Waals surface area contributed by atoms with Crippen LogP contribution in [0.4, 0.5) is 4.39 Å². The van der Waals surface area contributed by atoms with Gasteiger partial charge < -0.3 is 15.9 Å². The van der Waals surface area contributed by atoms with Gasteiger partial charge in [-0.15, -0.1) is 0 Å². The molecule has 37 heavy (non-hydrogen) atoms. The van der Waals surface area contributed by atoms with E-state index in [1.54, 1.807) is 6.07 Å². The van der Waals surface area contributed by atoms with Crippen molar-refractivity contribution in [3.05, 3.63) is 53.3 Å². The highest BCUT2D eigenvalue weighted by atomic mass is 19.1. The zero-order valence-corrected chi connectivity index (χ0v) is 20.1. The second kappa shape index (κ2) is 8.39. The Labute approximate surface area is 211 Å². The van der Waals surface area contributed by atoms with E-state index in [0.717, 1.165) is 0 Å². The molecule has 0 heterocycles. The molecule has 0 aliphatic heterocycles.